The van der Waals surface area contributed by atoms with Crippen LogP contribution in [0.2, 0.25) is 0 Å². The third-order valence-electron chi connectivity index (χ3n) is 3.06. The van der Waals surface area contributed by atoms with E-state index in [4.69, 9.17) is 0 Å². The van der Waals surface area contributed by atoms with Crippen molar-refractivity contribution in [1.82, 2.24) is 4.31 Å². The van der Waals surface area contributed by atoms with Crippen LogP contribution in [0.4, 0.5) is 10.1 Å². The summed E-state index contributed by atoms with van der Waals surface area (Å²) in [5.74, 6) is -1.52. The molecular weight excluding hydrogens is 387 g/mol. The van der Waals surface area contributed by atoms with Crippen molar-refractivity contribution in [3.8, 4) is 0 Å². The molecule has 2 rings (SSSR count). The lowest BCUT2D eigenvalue weighted by Gasteiger charge is -2.13. The SMILES string of the molecule is CN(C)S(=O)(=O)c1ccc(F)c(C(=O)Nc2ccc(Br)cc2)c1. The van der Waals surface area contributed by atoms with Gasteiger partial charge in [0.1, 0.15) is 5.82 Å². The molecule has 5 nitrogen and oxygen atoms in total. The monoisotopic (exact) mass is 400 g/mol. The fourth-order valence-electron chi connectivity index (χ4n) is 1.78. The van der Waals surface area contributed by atoms with Gasteiger partial charge in [0.2, 0.25) is 10.0 Å². The van der Waals surface area contributed by atoms with Gasteiger partial charge in [0, 0.05) is 24.3 Å². The second-order valence-corrected chi connectivity index (χ2v) is 7.96. The van der Waals surface area contributed by atoms with Gasteiger partial charge in [0.25, 0.3) is 5.91 Å². The fourth-order valence-corrected chi connectivity index (χ4v) is 2.97. The number of nitrogens with one attached hydrogen (secondary N) is 1. The van der Waals surface area contributed by atoms with Crippen LogP contribution in [-0.2, 0) is 10.0 Å². The van der Waals surface area contributed by atoms with Crippen LogP contribution in [0.5, 0.6) is 0 Å². The molecule has 0 aliphatic carbocycles. The highest BCUT2D eigenvalue weighted by atomic mass is 79.9. The number of amides is 1. The zero-order chi connectivity index (χ0) is 17.2. The summed E-state index contributed by atoms with van der Waals surface area (Å²) < 4.78 is 39.9. The minimum atomic E-state index is -3.75. The zero-order valence-electron chi connectivity index (χ0n) is 12.4. The first-order valence-electron chi connectivity index (χ1n) is 6.51. The minimum Gasteiger partial charge on any atom is -0.322 e. The fraction of sp³-hybridized carbons (Fsp3) is 0.133. The van der Waals surface area contributed by atoms with E-state index in [0.29, 0.717) is 5.69 Å². The van der Waals surface area contributed by atoms with Crippen LogP contribution >= 0.6 is 15.9 Å². The number of hydrogen-bond donors (Lipinski definition) is 1. The summed E-state index contributed by atoms with van der Waals surface area (Å²) in [6.07, 6.45) is 0. The molecule has 2 aromatic rings. The maximum atomic E-state index is 13.9. The van der Waals surface area contributed by atoms with Gasteiger partial charge < -0.3 is 5.32 Å². The minimum absolute atomic E-state index is 0.148. The van der Waals surface area contributed by atoms with Gasteiger partial charge in [-0.3, -0.25) is 4.79 Å². The second-order valence-electron chi connectivity index (χ2n) is 4.89. The summed E-state index contributed by atoms with van der Waals surface area (Å²) in [5, 5.41) is 2.53. The number of halogens is 2. The van der Waals surface area contributed by atoms with Gasteiger partial charge in [-0.15, -0.1) is 0 Å². The number of hydrogen-bond acceptors (Lipinski definition) is 3. The highest BCUT2D eigenvalue weighted by Crippen LogP contribution is 2.20. The Morgan fingerprint density at radius 2 is 1.74 bits per heavy atom. The van der Waals surface area contributed by atoms with Crippen LogP contribution in [0, 0.1) is 5.82 Å². The Bertz CT molecular complexity index is 836. The summed E-state index contributed by atoms with van der Waals surface area (Å²) in [6.45, 7) is 0. The van der Waals surface area contributed by atoms with Crippen LogP contribution in [0.3, 0.4) is 0 Å². The first-order valence-corrected chi connectivity index (χ1v) is 8.74. The molecule has 0 aromatic heterocycles. The number of rotatable bonds is 4. The van der Waals surface area contributed by atoms with Crippen molar-refractivity contribution in [3.63, 3.8) is 0 Å². The van der Waals surface area contributed by atoms with E-state index in [9.17, 15) is 17.6 Å². The summed E-state index contributed by atoms with van der Waals surface area (Å²) in [5.41, 5.74) is 0.134. The topological polar surface area (TPSA) is 66.5 Å². The summed E-state index contributed by atoms with van der Waals surface area (Å²) in [7, 11) is -1.02. The summed E-state index contributed by atoms with van der Waals surface area (Å²) in [6, 6.07) is 9.84. The Kier molecular flexibility index (Phi) is 5.18. The summed E-state index contributed by atoms with van der Waals surface area (Å²) in [4.78, 5) is 12.0. The average molecular weight is 401 g/mol. The van der Waals surface area contributed by atoms with Gasteiger partial charge in [-0.2, -0.15) is 0 Å². The van der Waals surface area contributed by atoms with E-state index in [-0.39, 0.29) is 10.5 Å². The predicted molar refractivity (Wildman–Crippen MR) is 89.4 cm³/mol. The summed E-state index contributed by atoms with van der Waals surface area (Å²) >= 11 is 3.27. The third-order valence-corrected chi connectivity index (χ3v) is 5.40. The maximum Gasteiger partial charge on any atom is 0.258 e. The first kappa shape index (κ1) is 17.6. The van der Waals surface area contributed by atoms with E-state index in [2.05, 4.69) is 21.2 Å². The number of sulfonamides is 1. The standard InChI is InChI=1S/C15H14BrFN2O3S/c1-19(2)23(21,22)12-7-8-14(17)13(9-12)15(20)18-11-5-3-10(16)4-6-11/h3-9H,1-2H3,(H,18,20). The van der Waals surface area contributed by atoms with Crippen molar-refractivity contribution >= 4 is 37.5 Å². The quantitative estimate of drug-likeness (QED) is 0.857. The van der Waals surface area contributed by atoms with Gasteiger partial charge in [-0.25, -0.2) is 17.1 Å². The van der Waals surface area contributed by atoms with Crippen molar-refractivity contribution in [2.45, 2.75) is 4.90 Å². The predicted octanol–water partition coefficient (Wildman–Crippen LogP) is 3.09. The normalized spacial score (nSPS) is 11.5. The molecule has 8 heteroatoms. The van der Waals surface area contributed by atoms with Gasteiger partial charge in [0.15, 0.2) is 0 Å². The van der Waals surface area contributed by atoms with Crippen LogP contribution in [-0.4, -0.2) is 32.7 Å². The Hall–Kier alpha value is -1.77. The molecule has 0 saturated carbocycles. The molecule has 0 unspecified atom stereocenters. The lowest BCUT2D eigenvalue weighted by Crippen LogP contribution is -2.23. The van der Waals surface area contributed by atoms with Crippen LogP contribution in [0.15, 0.2) is 51.8 Å². The molecule has 0 aliphatic heterocycles. The first-order chi connectivity index (χ1) is 10.7. The lowest BCUT2D eigenvalue weighted by molar-refractivity contribution is 0.102. The number of nitrogens with zero attached hydrogens (tertiary/aromatic N) is 1. The van der Waals surface area contributed by atoms with Crippen LogP contribution in [0.25, 0.3) is 0 Å². The van der Waals surface area contributed by atoms with Crippen molar-refractivity contribution in [2.24, 2.45) is 0 Å². The van der Waals surface area contributed by atoms with Crippen LogP contribution < -0.4 is 5.32 Å². The van der Waals surface area contributed by atoms with E-state index in [1.54, 1.807) is 24.3 Å². The van der Waals surface area contributed by atoms with Crippen LogP contribution in [0.1, 0.15) is 10.4 Å². The van der Waals surface area contributed by atoms with Crippen molar-refractivity contribution in [3.05, 3.63) is 58.3 Å². The molecule has 23 heavy (non-hydrogen) atoms. The Morgan fingerprint density at radius 3 is 2.30 bits per heavy atom. The Balaban J connectivity index is 2.35. The van der Waals surface area contributed by atoms with Crippen molar-refractivity contribution in [1.29, 1.82) is 0 Å². The third kappa shape index (κ3) is 3.95. The lowest BCUT2D eigenvalue weighted by atomic mass is 10.2. The highest BCUT2D eigenvalue weighted by Gasteiger charge is 2.21. The Labute approximate surface area is 142 Å². The van der Waals surface area contributed by atoms with Gasteiger partial charge in [0.05, 0.1) is 10.5 Å². The molecule has 122 valence electrons. The number of benzene rings is 2. The average Bonchev–Trinajstić information content (AvgIpc) is 2.49. The Morgan fingerprint density at radius 1 is 1.13 bits per heavy atom. The smallest absolute Gasteiger partial charge is 0.258 e. The second kappa shape index (κ2) is 6.77. The largest absolute Gasteiger partial charge is 0.322 e. The maximum absolute atomic E-state index is 13.9. The molecule has 0 saturated heterocycles. The molecule has 0 atom stereocenters. The molecule has 0 spiro atoms. The van der Waals surface area contributed by atoms with E-state index in [0.717, 1.165) is 27.0 Å². The molecular formula is C15H14BrFN2O3S. The molecule has 0 bridgehead atoms. The van der Waals surface area contributed by atoms with Gasteiger partial charge in [-0.1, -0.05) is 15.9 Å². The van der Waals surface area contributed by atoms with E-state index < -0.39 is 21.7 Å². The van der Waals surface area contributed by atoms with E-state index >= 15 is 0 Å². The molecule has 0 fully saturated rings. The van der Waals surface area contributed by atoms with Gasteiger partial charge >= 0.3 is 0 Å². The molecule has 1 amide bonds. The molecule has 0 radical (unpaired) electrons. The van der Waals surface area contributed by atoms with Crippen molar-refractivity contribution < 1.29 is 17.6 Å². The zero-order valence-corrected chi connectivity index (χ0v) is 14.8. The van der Waals surface area contributed by atoms with E-state index in [1.165, 1.54) is 14.1 Å². The molecule has 1 N–H and O–H groups in total. The molecule has 2 aromatic carbocycles. The highest BCUT2D eigenvalue weighted by molar-refractivity contribution is 9.10. The molecule has 0 heterocycles. The van der Waals surface area contributed by atoms with Crippen molar-refractivity contribution in [2.75, 3.05) is 19.4 Å². The number of anilines is 1. The number of carbonyl (C=O) groups is 1. The molecule has 0 aliphatic rings. The van der Waals surface area contributed by atoms with E-state index in [1.807, 2.05) is 0 Å². The number of carbonyl (C=O) groups excluding carboxylic acids is 1. The van der Waals surface area contributed by atoms with Gasteiger partial charge in [-0.05, 0) is 42.5 Å².